The fraction of sp³-hybridized carbons (Fsp3) is 0.472. The second-order valence-electron chi connectivity index (χ2n) is 12.8. The minimum atomic E-state index is -0.101. The van der Waals surface area contributed by atoms with Crippen molar-refractivity contribution in [3.05, 3.63) is 70.1 Å². The van der Waals surface area contributed by atoms with Crippen LogP contribution < -0.4 is 20.2 Å². The Morgan fingerprint density at radius 2 is 1.78 bits per heavy atom. The van der Waals surface area contributed by atoms with Gasteiger partial charge in [-0.1, -0.05) is 12.8 Å². The summed E-state index contributed by atoms with van der Waals surface area (Å²) in [7, 11) is 2.18. The maximum Gasteiger partial charge on any atom is 0.220 e. The van der Waals surface area contributed by atoms with Gasteiger partial charge in [0.1, 0.15) is 23.7 Å². The van der Waals surface area contributed by atoms with Gasteiger partial charge in [-0.25, -0.2) is 0 Å². The molecule has 4 aromatic rings. The number of rotatable bonds is 10. The first-order valence-corrected chi connectivity index (χ1v) is 16.2. The van der Waals surface area contributed by atoms with Crippen molar-refractivity contribution in [2.45, 2.75) is 77.4 Å². The molecule has 0 radical (unpaired) electrons. The minimum Gasteiger partial charge on any atom is -0.488 e. The molecule has 6 rings (SSSR count). The third-order valence-corrected chi connectivity index (χ3v) is 9.32. The molecule has 1 amide bonds. The first-order chi connectivity index (χ1) is 21.7. The summed E-state index contributed by atoms with van der Waals surface area (Å²) in [5.41, 5.74) is 2.54. The number of pyridine rings is 1. The van der Waals surface area contributed by atoms with Gasteiger partial charge in [-0.05, 0) is 89.0 Å². The molecule has 1 saturated carbocycles. The molecule has 2 aliphatic rings. The number of amides is 1. The number of ether oxygens (including phenoxy) is 2. The summed E-state index contributed by atoms with van der Waals surface area (Å²) in [5.74, 6) is 1.74. The molecule has 2 fully saturated rings. The molecule has 3 heterocycles. The van der Waals surface area contributed by atoms with Crippen molar-refractivity contribution in [1.82, 2.24) is 20.1 Å². The Morgan fingerprint density at radius 1 is 1.02 bits per heavy atom. The van der Waals surface area contributed by atoms with Crippen LogP contribution in [0, 0.1) is 6.92 Å². The van der Waals surface area contributed by atoms with Crippen LogP contribution in [0.1, 0.15) is 57.2 Å². The predicted molar refractivity (Wildman–Crippen MR) is 176 cm³/mol. The van der Waals surface area contributed by atoms with Gasteiger partial charge in [-0.2, -0.15) is 0 Å². The number of piperazine rings is 1. The van der Waals surface area contributed by atoms with Gasteiger partial charge in [0.15, 0.2) is 11.3 Å². The van der Waals surface area contributed by atoms with Crippen LogP contribution in [0.5, 0.6) is 17.2 Å². The number of likely N-dealkylation sites (N-methyl/N-ethyl adjacent to an activating group) is 1. The Labute approximate surface area is 264 Å². The zero-order valence-electron chi connectivity index (χ0n) is 26.8. The van der Waals surface area contributed by atoms with Crippen molar-refractivity contribution < 1.29 is 18.7 Å². The molecule has 1 aliphatic carbocycles. The molecule has 2 unspecified atom stereocenters. The first-order valence-electron chi connectivity index (χ1n) is 16.2. The van der Waals surface area contributed by atoms with Crippen molar-refractivity contribution in [3.8, 4) is 17.2 Å². The smallest absolute Gasteiger partial charge is 0.220 e. The molecule has 0 spiro atoms. The summed E-state index contributed by atoms with van der Waals surface area (Å²) >= 11 is 0. The highest BCUT2D eigenvalue weighted by Gasteiger charge is 2.26. The third-order valence-electron chi connectivity index (χ3n) is 9.32. The fourth-order valence-corrected chi connectivity index (χ4v) is 6.56. The summed E-state index contributed by atoms with van der Waals surface area (Å²) in [6.45, 7) is 9.76. The fourth-order valence-electron chi connectivity index (χ4n) is 6.56. The number of hydrogen-bond acceptors (Lipinski definition) is 8. The average molecular weight is 613 g/mol. The standard InChI is InChI=1S/C36H44N4O5/c1-23-17-31-35(42)30-13-12-28(44-29-11-9-26(37-20-29)10-14-34(41)38-27-7-5-6-8-27)19-32(30)45-36(31)33(18-23)43-16-15-40-21-24(2)39(4)25(3)22-40/h9,11-13,17-20,24-25,27H,5-8,10,14-16,21-22H2,1-4H3,(H,38,41). The zero-order chi connectivity index (χ0) is 31.5. The van der Waals surface area contributed by atoms with Crippen LogP contribution in [-0.2, 0) is 11.2 Å². The lowest BCUT2D eigenvalue weighted by molar-refractivity contribution is -0.121. The molecule has 1 N–H and O–H groups in total. The number of carbonyl (C=O) groups is 1. The van der Waals surface area contributed by atoms with E-state index in [0.29, 0.717) is 76.8 Å². The highest BCUT2D eigenvalue weighted by atomic mass is 16.5. The number of carbonyl (C=O) groups excluding carboxylic acids is 1. The number of fused-ring (bicyclic) bond motifs is 2. The topological polar surface area (TPSA) is 97.1 Å². The van der Waals surface area contributed by atoms with E-state index >= 15 is 0 Å². The largest absolute Gasteiger partial charge is 0.488 e. The average Bonchev–Trinajstić information content (AvgIpc) is 3.53. The molecule has 2 aromatic carbocycles. The van der Waals surface area contributed by atoms with Gasteiger partial charge < -0.3 is 19.2 Å². The van der Waals surface area contributed by atoms with E-state index in [1.165, 1.54) is 12.8 Å². The van der Waals surface area contributed by atoms with Gasteiger partial charge in [-0.3, -0.25) is 24.4 Å². The van der Waals surface area contributed by atoms with Crippen molar-refractivity contribution in [3.63, 3.8) is 0 Å². The van der Waals surface area contributed by atoms with E-state index in [1.807, 2.05) is 31.2 Å². The van der Waals surface area contributed by atoms with E-state index < -0.39 is 0 Å². The lowest BCUT2D eigenvalue weighted by Gasteiger charge is -2.42. The van der Waals surface area contributed by atoms with Crippen LogP contribution in [0.25, 0.3) is 21.9 Å². The van der Waals surface area contributed by atoms with Gasteiger partial charge in [0.25, 0.3) is 0 Å². The Morgan fingerprint density at radius 3 is 2.51 bits per heavy atom. The molecular weight excluding hydrogens is 568 g/mol. The minimum absolute atomic E-state index is 0.0808. The van der Waals surface area contributed by atoms with E-state index in [2.05, 4.69) is 41.0 Å². The molecule has 2 aromatic heterocycles. The molecule has 9 heteroatoms. The number of nitrogens with zero attached hydrogens (tertiary/aromatic N) is 3. The van der Waals surface area contributed by atoms with Crippen LogP contribution in [0.3, 0.4) is 0 Å². The van der Waals surface area contributed by atoms with Crippen molar-refractivity contribution in [2.24, 2.45) is 0 Å². The number of aromatic nitrogens is 1. The van der Waals surface area contributed by atoms with Crippen LogP contribution in [-0.4, -0.2) is 72.1 Å². The van der Waals surface area contributed by atoms with Gasteiger partial charge in [0.2, 0.25) is 11.3 Å². The Kier molecular flexibility index (Phi) is 9.37. The SMILES string of the molecule is Cc1cc(OCCN2CC(C)N(C)C(C)C2)c2oc3cc(Oc4ccc(CCC(=O)NC5CCCC5)nc4)ccc3c(=O)c2c1. The summed E-state index contributed by atoms with van der Waals surface area (Å²) in [4.78, 5) is 35.1. The highest BCUT2D eigenvalue weighted by Crippen LogP contribution is 2.31. The van der Waals surface area contributed by atoms with Gasteiger partial charge in [0.05, 0.1) is 17.0 Å². The van der Waals surface area contributed by atoms with E-state index in [9.17, 15) is 9.59 Å². The summed E-state index contributed by atoms with van der Waals surface area (Å²) in [6.07, 6.45) is 7.19. The number of hydrogen-bond donors (Lipinski definition) is 1. The van der Waals surface area contributed by atoms with Crippen LogP contribution in [0.2, 0.25) is 0 Å². The molecule has 1 saturated heterocycles. The Bertz CT molecular complexity index is 1700. The number of nitrogens with one attached hydrogen (secondary N) is 1. The van der Waals surface area contributed by atoms with Gasteiger partial charge >= 0.3 is 0 Å². The highest BCUT2D eigenvalue weighted by molar-refractivity contribution is 5.93. The van der Waals surface area contributed by atoms with Crippen LogP contribution in [0.4, 0.5) is 0 Å². The van der Waals surface area contributed by atoms with Crippen molar-refractivity contribution in [1.29, 1.82) is 0 Å². The molecular formula is C36H44N4O5. The molecule has 9 nitrogen and oxygen atoms in total. The predicted octanol–water partition coefficient (Wildman–Crippen LogP) is 5.84. The maximum atomic E-state index is 13.5. The Balaban J connectivity index is 1.13. The van der Waals surface area contributed by atoms with E-state index in [1.54, 1.807) is 24.4 Å². The third kappa shape index (κ3) is 7.31. The quantitative estimate of drug-likeness (QED) is 0.223. The lowest BCUT2D eigenvalue weighted by atomic mass is 10.1. The van der Waals surface area contributed by atoms with Crippen molar-refractivity contribution in [2.75, 3.05) is 33.3 Å². The van der Waals surface area contributed by atoms with Crippen LogP contribution in [0.15, 0.2) is 57.9 Å². The second kappa shape index (κ2) is 13.6. The molecule has 2 atom stereocenters. The van der Waals surface area contributed by atoms with E-state index in [0.717, 1.165) is 43.7 Å². The number of benzene rings is 2. The molecule has 238 valence electrons. The summed E-state index contributed by atoms with van der Waals surface area (Å²) in [6, 6.07) is 14.0. The van der Waals surface area contributed by atoms with E-state index in [4.69, 9.17) is 13.9 Å². The molecule has 45 heavy (non-hydrogen) atoms. The number of aryl methyl sites for hydroxylation is 2. The second-order valence-corrected chi connectivity index (χ2v) is 12.8. The first kappa shape index (κ1) is 31.0. The monoisotopic (exact) mass is 612 g/mol. The lowest BCUT2D eigenvalue weighted by Crippen LogP contribution is -2.55. The van der Waals surface area contributed by atoms with Crippen molar-refractivity contribution >= 4 is 27.8 Å². The summed E-state index contributed by atoms with van der Waals surface area (Å²) < 4.78 is 18.7. The summed E-state index contributed by atoms with van der Waals surface area (Å²) in [5, 5.41) is 4.11. The normalized spacial score (nSPS) is 19.7. The molecule has 1 aliphatic heterocycles. The zero-order valence-corrected chi connectivity index (χ0v) is 26.8. The van der Waals surface area contributed by atoms with E-state index in [-0.39, 0.29) is 11.3 Å². The van der Waals surface area contributed by atoms with Crippen LogP contribution >= 0.6 is 0 Å². The van der Waals surface area contributed by atoms with Gasteiger partial charge in [0, 0.05) is 55.9 Å². The maximum absolute atomic E-state index is 13.5. The molecule has 0 bridgehead atoms. The van der Waals surface area contributed by atoms with Gasteiger partial charge in [-0.15, -0.1) is 0 Å². The Hall–Kier alpha value is -3.95.